The molecule has 0 bridgehead atoms. The van der Waals surface area contributed by atoms with E-state index >= 15 is 0 Å². The average Bonchev–Trinajstić information content (AvgIpc) is 3.22. The van der Waals surface area contributed by atoms with Gasteiger partial charge in [0.1, 0.15) is 5.76 Å². The van der Waals surface area contributed by atoms with Crippen molar-refractivity contribution in [2.24, 2.45) is 10.2 Å². The van der Waals surface area contributed by atoms with E-state index in [1.165, 1.54) is 35.6 Å². The lowest BCUT2D eigenvalue weighted by Gasteiger charge is -2.02. The number of nitrogens with one attached hydrogen (secondary N) is 1. The molecule has 1 saturated heterocycles. The molecule has 3 heterocycles. The Labute approximate surface area is 134 Å². The molecule has 8 heteroatoms. The third-order valence-electron chi connectivity index (χ3n) is 2.82. The van der Waals surface area contributed by atoms with Gasteiger partial charge in [0, 0.05) is 6.42 Å². The molecule has 2 aromatic rings. The molecule has 0 saturated carbocycles. The fraction of sp³-hybridized carbons (Fsp3) is 0.143. The standard InChI is InChI=1S/C14H11N3O3S2/c18-10(11-4-2-6-21-11)7-12-13(19)16-14(22-12)17-15-8-9-3-1-5-20-9/h1-6,8,12H,7H2,(H,16,17,19)/b15-8-/t12-/m0/s1. The van der Waals surface area contributed by atoms with Crippen LogP contribution in [0.4, 0.5) is 0 Å². The molecular weight excluding hydrogens is 322 g/mol. The van der Waals surface area contributed by atoms with E-state index in [0.717, 1.165) is 0 Å². The van der Waals surface area contributed by atoms with E-state index < -0.39 is 5.25 Å². The molecular formula is C14H11N3O3S2. The maximum atomic E-state index is 12.0. The number of amidine groups is 1. The zero-order valence-electron chi connectivity index (χ0n) is 11.3. The Hall–Kier alpha value is -2.19. The molecule has 3 rings (SSSR count). The van der Waals surface area contributed by atoms with Gasteiger partial charge in [-0.05, 0) is 23.6 Å². The number of carbonyl (C=O) groups is 2. The van der Waals surface area contributed by atoms with Crippen LogP contribution >= 0.6 is 23.1 Å². The highest BCUT2D eigenvalue weighted by Gasteiger charge is 2.32. The number of carbonyl (C=O) groups excluding carboxylic acids is 2. The average molecular weight is 333 g/mol. The van der Waals surface area contributed by atoms with Gasteiger partial charge in [0.2, 0.25) is 5.91 Å². The summed E-state index contributed by atoms with van der Waals surface area (Å²) < 4.78 is 5.08. The molecule has 0 aliphatic carbocycles. The summed E-state index contributed by atoms with van der Waals surface area (Å²) in [6.45, 7) is 0. The number of hydrogen-bond acceptors (Lipinski definition) is 7. The van der Waals surface area contributed by atoms with E-state index in [1.807, 2.05) is 11.4 Å². The molecule has 6 nitrogen and oxygen atoms in total. The van der Waals surface area contributed by atoms with Gasteiger partial charge in [-0.15, -0.1) is 16.4 Å². The van der Waals surface area contributed by atoms with Crippen molar-refractivity contribution >= 4 is 46.2 Å². The predicted molar refractivity (Wildman–Crippen MR) is 86.5 cm³/mol. The SMILES string of the molecule is O=C(C[C@@H]1S/C(=N/N=C\c2ccco2)NC1=O)c1cccs1. The number of furan rings is 1. The van der Waals surface area contributed by atoms with Crippen LogP contribution in [-0.4, -0.2) is 28.3 Å². The summed E-state index contributed by atoms with van der Waals surface area (Å²) in [4.78, 5) is 24.5. The highest BCUT2D eigenvalue weighted by Crippen LogP contribution is 2.25. The number of amides is 1. The van der Waals surface area contributed by atoms with Crippen LogP contribution in [-0.2, 0) is 4.79 Å². The van der Waals surface area contributed by atoms with Gasteiger partial charge in [-0.1, -0.05) is 17.8 Å². The monoisotopic (exact) mass is 333 g/mol. The summed E-state index contributed by atoms with van der Waals surface area (Å²) >= 11 is 2.58. The van der Waals surface area contributed by atoms with Crippen LogP contribution in [0, 0.1) is 0 Å². The van der Waals surface area contributed by atoms with Crippen LogP contribution in [0.15, 0.2) is 50.5 Å². The van der Waals surface area contributed by atoms with Crippen LogP contribution in [0.25, 0.3) is 0 Å². The van der Waals surface area contributed by atoms with Crippen molar-refractivity contribution < 1.29 is 14.0 Å². The predicted octanol–water partition coefficient (Wildman–Crippen LogP) is 2.54. The molecule has 1 N–H and O–H groups in total. The number of Topliss-reactive ketones (excluding diaryl/α,β-unsaturated/α-hetero) is 1. The molecule has 0 radical (unpaired) electrons. The molecule has 2 aromatic heterocycles. The Balaban J connectivity index is 1.59. The highest BCUT2D eigenvalue weighted by atomic mass is 32.2. The molecule has 0 spiro atoms. The highest BCUT2D eigenvalue weighted by molar-refractivity contribution is 8.15. The van der Waals surface area contributed by atoms with Crippen molar-refractivity contribution in [3.05, 3.63) is 46.5 Å². The summed E-state index contributed by atoms with van der Waals surface area (Å²) in [6, 6.07) is 7.06. The molecule has 0 aromatic carbocycles. The number of ketones is 1. The van der Waals surface area contributed by atoms with Crippen LogP contribution in [0.3, 0.4) is 0 Å². The first-order valence-electron chi connectivity index (χ1n) is 6.41. The molecule has 1 aliphatic rings. The summed E-state index contributed by atoms with van der Waals surface area (Å²) in [7, 11) is 0. The largest absolute Gasteiger partial charge is 0.463 e. The molecule has 1 aliphatic heterocycles. The zero-order chi connectivity index (χ0) is 15.4. The lowest BCUT2D eigenvalue weighted by atomic mass is 10.2. The number of rotatable bonds is 5. The van der Waals surface area contributed by atoms with Crippen LogP contribution in [0.1, 0.15) is 21.9 Å². The smallest absolute Gasteiger partial charge is 0.240 e. The fourth-order valence-electron chi connectivity index (χ4n) is 1.80. The summed E-state index contributed by atoms with van der Waals surface area (Å²) in [6.07, 6.45) is 3.13. The van der Waals surface area contributed by atoms with Crippen molar-refractivity contribution in [3.63, 3.8) is 0 Å². The fourth-order valence-corrected chi connectivity index (χ4v) is 3.40. The van der Waals surface area contributed by atoms with Gasteiger partial charge in [-0.2, -0.15) is 5.10 Å². The number of hydrogen-bond donors (Lipinski definition) is 1. The second-order valence-corrected chi connectivity index (χ2v) is 6.50. The maximum absolute atomic E-state index is 12.0. The Morgan fingerprint density at radius 1 is 1.41 bits per heavy atom. The van der Waals surface area contributed by atoms with Crippen LogP contribution < -0.4 is 5.32 Å². The Bertz CT molecular complexity index is 721. The van der Waals surface area contributed by atoms with Crippen molar-refractivity contribution in [2.45, 2.75) is 11.7 Å². The van der Waals surface area contributed by atoms with E-state index in [1.54, 1.807) is 18.2 Å². The van der Waals surface area contributed by atoms with E-state index in [-0.39, 0.29) is 18.1 Å². The minimum atomic E-state index is -0.466. The molecule has 0 unspecified atom stereocenters. The summed E-state index contributed by atoms with van der Waals surface area (Å²) in [5.74, 6) is 0.313. The minimum Gasteiger partial charge on any atom is -0.463 e. The second kappa shape index (κ2) is 6.71. The lowest BCUT2D eigenvalue weighted by Crippen LogP contribution is -2.26. The van der Waals surface area contributed by atoms with Crippen molar-refractivity contribution in [1.29, 1.82) is 0 Å². The van der Waals surface area contributed by atoms with Crippen molar-refractivity contribution in [3.8, 4) is 0 Å². The van der Waals surface area contributed by atoms with Crippen LogP contribution in [0.2, 0.25) is 0 Å². The molecule has 1 amide bonds. The van der Waals surface area contributed by atoms with Crippen LogP contribution in [0.5, 0.6) is 0 Å². The van der Waals surface area contributed by atoms with E-state index in [2.05, 4.69) is 15.5 Å². The topological polar surface area (TPSA) is 84.0 Å². The second-order valence-electron chi connectivity index (χ2n) is 4.37. The third-order valence-corrected chi connectivity index (χ3v) is 4.80. The Kier molecular flexibility index (Phi) is 4.50. The van der Waals surface area contributed by atoms with Crippen molar-refractivity contribution in [2.75, 3.05) is 0 Å². The van der Waals surface area contributed by atoms with Gasteiger partial charge in [0.25, 0.3) is 0 Å². The van der Waals surface area contributed by atoms with Gasteiger partial charge in [-0.25, -0.2) is 0 Å². The van der Waals surface area contributed by atoms with Gasteiger partial charge < -0.3 is 9.73 Å². The van der Waals surface area contributed by atoms with E-state index in [9.17, 15) is 9.59 Å². The summed E-state index contributed by atoms with van der Waals surface area (Å²) in [5, 5.41) is 12.1. The molecule has 1 atom stereocenters. The molecule has 112 valence electrons. The Morgan fingerprint density at radius 2 is 2.32 bits per heavy atom. The van der Waals surface area contributed by atoms with E-state index in [4.69, 9.17) is 4.42 Å². The number of nitrogens with zero attached hydrogens (tertiary/aromatic N) is 2. The maximum Gasteiger partial charge on any atom is 0.240 e. The van der Waals surface area contributed by atoms with E-state index in [0.29, 0.717) is 15.8 Å². The zero-order valence-corrected chi connectivity index (χ0v) is 12.9. The first-order chi connectivity index (χ1) is 10.7. The quantitative estimate of drug-likeness (QED) is 0.518. The normalized spacial score (nSPS) is 19.9. The Morgan fingerprint density at radius 3 is 3.05 bits per heavy atom. The minimum absolute atomic E-state index is 0.0389. The van der Waals surface area contributed by atoms with Gasteiger partial charge in [-0.3, -0.25) is 9.59 Å². The van der Waals surface area contributed by atoms with Gasteiger partial charge >= 0.3 is 0 Å². The molecule has 1 fully saturated rings. The lowest BCUT2D eigenvalue weighted by molar-refractivity contribution is -0.118. The number of thioether (sulfide) groups is 1. The van der Waals surface area contributed by atoms with Gasteiger partial charge in [0.15, 0.2) is 11.0 Å². The molecule has 22 heavy (non-hydrogen) atoms. The third kappa shape index (κ3) is 3.52. The first-order valence-corrected chi connectivity index (χ1v) is 8.17. The van der Waals surface area contributed by atoms with Crippen molar-refractivity contribution in [1.82, 2.24) is 5.32 Å². The summed E-state index contributed by atoms with van der Waals surface area (Å²) in [5.41, 5.74) is 0. The number of thiophene rings is 1. The first kappa shape index (κ1) is 14.7. The van der Waals surface area contributed by atoms with Gasteiger partial charge in [0.05, 0.1) is 22.6 Å².